The quantitative estimate of drug-likeness (QED) is 0.649. The fourth-order valence-electron chi connectivity index (χ4n) is 3.45. The van der Waals surface area contributed by atoms with Gasteiger partial charge in [-0.25, -0.2) is 8.42 Å². The zero-order valence-electron chi connectivity index (χ0n) is 16.3. The maximum absolute atomic E-state index is 12.8. The third-order valence-corrected chi connectivity index (χ3v) is 6.93. The zero-order chi connectivity index (χ0) is 21.0. The number of carbonyl (C=O) groups is 1. The van der Waals surface area contributed by atoms with E-state index in [2.05, 4.69) is 15.5 Å². The summed E-state index contributed by atoms with van der Waals surface area (Å²) >= 11 is 0. The third kappa shape index (κ3) is 4.42. The Morgan fingerprint density at radius 3 is 2.53 bits per heavy atom. The summed E-state index contributed by atoms with van der Waals surface area (Å²) in [5.74, 6) is 0.112. The van der Waals surface area contributed by atoms with Crippen LogP contribution in [0.5, 0.6) is 0 Å². The van der Waals surface area contributed by atoms with Crippen molar-refractivity contribution < 1.29 is 17.7 Å². The molecule has 9 heteroatoms. The SMILES string of the molecule is O=C(NCc1nc(-c2ccccc2)no1)C1CCCN(S(=O)(=O)c2ccccc2)C1. The summed E-state index contributed by atoms with van der Waals surface area (Å²) < 4.78 is 32.3. The van der Waals surface area contributed by atoms with Gasteiger partial charge in [0.2, 0.25) is 27.6 Å². The summed E-state index contributed by atoms with van der Waals surface area (Å²) in [5.41, 5.74) is 0.827. The molecule has 1 amide bonds. The standard InChI is InChI=1S/C21H22N4O4S/c26-21(22-14-19-23-20(24-29-19)16-8-3-1-4-9-16)17-10-7-13-25(15-17)30(27,28)18-11-5-2-6-12-18/h1-6,8-9,11-12,17H,7,10,13-15H2,(H,22,26). The topological polar surface area (TPSA) is 105 Å². The van der Waals surface area contributed by atoms with Crippen molar-refractivity contribution in [3.05, 3.63) is 66.6 Å². The second-order valence-corrected chi connectivity index (χ2v) is 9.05. The molecular weight excluding hydrogens is 404 g/mol. The molecule has 0 spiro atoms. The molecule has 0 radical (unpaired) electrons. The van der Waals surface area contributed by atoms with Crippen LogP contribution >= 0.6 is 0 Å². The van der Waals surface area contributed by atoms with Gasteiger partial charge in [-0.2, -0.15) is 9.29 Å². The van der Waals surface area contributed by atoms with Crippen LogP contribution in [0.15, 0.2) is 70.1 Å². The van der Waals surface area contributed by atoms with Gasteiger partial charge in [0.15, 0.2) is 0 Å². The lowest BCUT2D eigenvalue weighted by Gasteiger charge is -2.31. The number of sulfonamides is 1. The predicted octanol–water partition coefficient (Wildman–Crippen LogP) is 2.45. The van der Waals surface area contributed by atoms with E-state index in [0.717, 1.165) is 5.56 Å². The van der Waals surface area contributed by atoms with Crippen LogP contribution in [-0.4, -0.2) is 41.9 Å². The van der Waals surface area contributed by atoms with Crippen molar-refractivity contribution in [1.29, 1.82) is 0 Å². The van der Waals surface area contributed by atoms with Crippen molar-refractivity contribution in [1.82, 2.24) is 19.8 Å². The highest BCUT2D eigenvalue weighted by atomic mass is 32.2. The van der Waals surface area contributed by atoms with Gasteiger partial charge in [0.05, 0.1) is 17.4 Å². The molecule has 1 atom stereocenters. The Balaban J connectivity index is 1.37. The van der Waals surface area contributed by atoms with Crippen LogP contribution in [0.4, 0.5) is 0 Å². The van der Waals surface area contributed by atoms with E-state index < -0.39 is 15.9 Å². The third-order valence-electron chi connectivity index (χ3n) is 5.05. The van der Waals surface area contributed by atoms with Gasteiger partial charge in [0.25, 0.3) is 0 Å². The van der Waals surface area contributed by atoms with Crippen molar-refractivity contribution in [2.75, 3.05) is 13.1 Å². The van der Waals surface area contributed by atoms with Crippen molar-refractivity contribution in [2.45, 2.75) is 24.3 Å². The number of aromatic nitrogens is 2. The highest BCUT2D eigenvalue weighted by Gasteiger charge is 2.33. The predicted molar refractivity (Wildman–Crippen MR) is 110 cm³/mol. The van der Waals surface area contributed by atoms with Gasteiger partial charge < -0.3 is 9.84 Å². The molecule has 1 saturated heterocycles. The molecule has 1 aliphatic heterocycles. The number of rotatable bonds is 6. The summed E-state index contributed by atoms with van der Waals surface area (Å²) in [6.45, 7) is 0.661. The molecule has 1 unspecified atom stereocenters. The smallest absolute Gasteiger partial charge is 0.246 e. The number of hydrogen-bond acceptors (Lipinski definition) is 6. The first-order valence-corrected chi connectivity index (χ1v) is 11.2. The summed E-state index contributed by atoms with van der Waals surface area (Å²) in [6, 6.07) is 17.7. The second-order valence-electron chi connectivity index (χ2n) is 7.11. The lowest BCUT2D eigenvalue weighted by atomic mass is 9.99. The van der Waals surface area contributed by atoms with Crippen molar-refractivity contribution >= 4 is 15.9 Å². The van der Waals surface area contributed by atoms with Gasteiger partial charge in [-0.3, -0.25) is 4.79 Å². The number of carbonyl (C=O) groups excluding carboxylic acids is 1. The van der Waals surface area contributed by atoms with Crippen molar-refractivity contribution in [2.24, 2.45) is 5.92 Å². The molecule has 4 rings (SSSR count). The number of benzene rings is 2. The van der Waals surface area contributed by atoms with Gasteiger partial charge in [-0.15, -0.1) is 0 Å². The maximum atomic E-state index is 12.8. The number of hydrogen-bond donors (Lipinski definition) is 1. The van der Waals surface area contributed by atoms with E-state index in [0.29, 0.717) is 31.1 Å². The van der Waals surface area contributed by atoms with Crippen molar-refractivity contribution in [3.63, 3.8) is 0 Å². The average Bonchev–Trinajstić information content (AvgIpc) is 3.28. The lowest BCUT2D eigenvalue weighted by Crippen LogP contribution is -2.45. The minimum Gasteiger partial charge on any atom is -0.347 e. The van der Waals surface area contributed by atoms with Crippen LogP contribution in [0.1, 0.15) is 18.7 Å². The van der Waals surface area contributed by atoms with E-state index in [-0.39, 0.29) is 23.9 Å². The molecular formula is C21H22N4O4S. The molecule has 0 bridgehead atoms. The van der Waals surface area contributed by atoms with E-state index in [1.165, 1.54) is 4.31 Å². The summed E-state index contributed by atoms with van der Waals surface area (Å²) in [4.78, 5) is 17.2. The van der Waals surface area contributed by atoms with E-state index in [9.17, 15) is 13.2 Å². The molecule has 2 heterocycles. The second kappa shape index (κ2) is 8.76. The van der Waals surface area contributed by atoms with Crippen LogP contribution in [0.25, 0.3) is 11.4 Å². The average molecular weight is 426 g/mol. The molecule has 8 nitrogen and oxygen atoms in total. The number of nitrogens with one attached hydrogen (secondary N) is 1. The minimum atomic E-state index is -3.61. The highest BCUT2D eigenvalue weighted by Crippen LogP contribution is 2.24. The van der Waals surface area contributed by atoms with Gasteiger partial charge in [-0.05, 0) is 25.0 Å². The molecule has 3 aromatic rings. The zero-order valence-corrected chi connectivity index (χ0v) is 17.1. The highest BCUT2D eigenvalue weighted by molar-refractivity contribution is 7.89. The first-order valence-electron chi connectivity index (χ1n) is 9.75. The largest absolute Gasteiger partial charge is 0.347 e. The van der Waals surface area contributed by atoms with Crippen LogP contribution in [0, 0.1) is 5.92 Å². The summed E-state index contributed by atoms with van der Waals surface area (Å²) in [5, 5.41) is 6.72. The molecule has 1 N–H and O–H groups in total. The molecule has 2 aromatic carbocycles. The van der Waals surface area contributed by atoms with Gasteiger partial charge >= 0.3 is 0 Å². The van der Waals surface area contributed by atoms with Crippen LogP contribution < -0.4 is 5.32 Å². The van der Waals surface area contributed by atoms with Crippen LogP contribution in [-0.2, 0) is 21.4 Å². The summed E-state index contributed by atoms with van der Waals surface area (Å²) in [7, 11) is -3.61. The Kier molecular flexibility index (Phi) is 5.91. The molecule has 0 saturated carbocycles. The monoisotopic (exact) mass is 426 g/mol. The van der Waals surface area contributed by atoms with Crippen LogP contribution in [0.2, 0.25) is 0 Å². The molecule has 1 aliphatic rings. The van der Waals surface area contributed by atoms with E-state index in [4.69, 9.17) is 4.52 Å². The maximum Gasteiger partial charge on any atom is 0.246 e. The Labute approximate surface area is 175 Å². The first kappa shape index (κ1) is 20.2. The Hall–Kier alpha value is -3.04. The molecule has 30 heavy (non-hydrogen) atoms. The molecule has 1 fully saturated rings. The minimum absolute atomic E-state index is 0.0978. The normalized spacial score (nSPS) is 17.5. The van der Waals surface area contributed by atoms with E-state index in [1.807, 2.05) is 30.3 Å². The Morgan fingerprint density at radius 1 is 1.10 bits per heavy atom. The fourth-order valence-corrected chi connectivity index (χ4v) is 5.00. The van der Waals surface area contributed by atoms with Gasteiger partial charge in [0.1, 0.15) is 0 Å². The molecule has 0 aliphatic carbocycles. The Bertz CT molecular complexity index is 1100. The van der Waals surface area contributed by atoms with Gasteiger partial charge in [0, 0.05) is 18.7 Å². The molecule has 1 aromatic heterocycles. The molecule has 156 valence electrons. The van der Waals surface area contributed by atoms with Crippen LogP contribution in [0.3, 0.4) is 0 Å². The van der Waals surface area contributed by atoms with E-state index >= 15 is 0 Å². The fraction of sp³-hybridized carbons (Fsp3) is 0.286. The number of nitrogens with zero attached hydrogens (tertiary/aromatic N) is 3. The van der Waals surface area contributed by atoms with E-state index in [1.54, 1.807) is 30.3 Å². The van der Waals surface area contributed by atoms with Crippen molar-refractivity contribution in [3.8, 4) is 11.4 Å². The summed E-state index contributed by atoms with van der Waals surface area (Å²) in [6.07, 6.45) is 1.26. The lowest BCUT2D eigenvalue weighted by molar-refractivity contribution is -0.126. The first-order chi connectivity index (χ1) is 14.5. The Morgan fingerprint density at radius 2 is 1.80 bits per heavy atom. The number of amides is 1. The van der Waals surface area contributed by atoms with Gasteiger partial charge in [-0.1, -0.05) is 53.7 Å². The number of piperidine rings is 1.